The monoisotopic (exact) mass is 538 g/mol. The molecule has 0 aliphatic carbocycles. The molecule has 194 valence electrons. The molecule has 1 aromatic heterocycles. The Morgan fingerprint density at radius 3 is 2.62 bits per heavy atom. The molecule has 0 spiro atoms. The number of halogens is 5. The van der Waals surface area contributed by atoms with Gasteiger partial charge in [-0.2, -0.15) is 13.2 Å². The molecule has 0 radical (unpaired) electrons. The van der Waals surface area contributed by atoms with Crippen molar-refractivity contribution in [3.8, 4) is 22.8 Å². The van der Waals surface area contributed by atoms with E-state index in [1.807, 2.05) is 0 Å². The number of Topliss-reactive ketones (excluding diaryl/α,β-unsaturated/α-hetero) is 1. The maximum atomic E-state index is 14.2. The largest absolute Gasteiger partial charge is 0.494 e. The van der Waals surface area contributed by atoms with Crippen LogP contribution in [-0.4, -0.2) is 41.7 Å². The highest BCUT2D eigenvalue weighted by Crippen LogP contribution is 2.44. The summed E-state index contributed by atoms with van der Waals surface area (Å²) in [4.78, 5) is 28.3. The lowest BCUT2D eigenvalue weighted by Gasteiger charge is -2.30. The minimum absolute atomic E-state index is 0.0263. The number of fused-ring (bicyclic) bond motifs is 1. The predicted molar refractivity (Wildman–Crippen MR) is 125 cm³/mol. The average Bonchev–Trinajstić information content (AvgIpc) is 2.87. The summed E-state index contributed by atoms with van der Waals surface area (Å²) in [5, 5.41) is 13.1. The zero-order valence-corrected chi connectivity index (χ0v) is 19.9. The van der Waals surface area contributed by atoms with Gasteiger partial charge in [-0.1, -0.05) is 11.6 Å². The van der Waals surface area contributed by atoms with Gasteiger partial charge in [-0.3, -0.25) is 9.59 Å². The van der Waals surface area contributed by atoms with E-state index in [2.05, 4.69) is 10.3 Å². The van der Waals surface area contributed by atoms with E-state index >= 15 is 0 Å². The lowest BCUT2D eigenvalue weighted by atomic mass is 9.89. The number of pyridine rings is 1. The summed E-state index contributed by atoms with van der Waals surface area (Å²) < 4.78 is 66.5. The van der Waals surface area contributed by atoms with Crippen LogP contribution >= 0.6 is 11.6 Å². The van der Waals surface area contributed by atoms with Crippen molar-refractivity contribution >= 4 is 29.0 Å². The molecule has 7 nitrogen and oxygen atoms in total. The van der Waals surface area contributed by atoms with E-state index in [1.54, 1.807) is 0 Å². The Morgan fingerprint density at radius 2 is 1.95 bits per heavy atom. The number of carbonyl (C=O) groups is 2. The van der Waals surface area contributed by atoms with Crippen molar-refractivity contribution in [2.75, 3.05) is 19.0 Å². The standard InChI is InChI=1S/C25H19ClF4N2O5/c1-36-20-6-7-21(32-23(20)14-2-4-16(27)15(26)10-14)24(35,25(28,29)30)9-8-18(33)13-3-5-19-17(11-13)31-22(34)12-37-19/h2-7,10-11,35H,8-9,12H2,1H3,(H,31,34). The fraction of sp³-hybridized carbons (Fsp3) is 0.240. The van der Waals surface area contributed by atoms with Crippen LogP contribution in [0.5, 0.6) is 11.5 Å². The van der Waals surface area contributed by atoms with E-state index in [-0.39, 0.29) is 39.9 Å². The zero-order chi connectivity index (χ0) is 27.0. The van der Waals surface area contributed by atoms with Crippen LogP contribution in [0.1, 0.15) is 28.9 Å². The molecular formula is C25H19ClF4N2O5. The van der Waals surface area contributed by atoms with Crippen LogP contribution < -0.4 is 14.8 Å². The Bertz CT molecular complexity index is 1380. The summed E-state index contributed by atoms with van der Waals surface area (Å²) in [5.41, 5.74) is -3.99. The number of nitrogens with one attached hydrogen (secondary N) is 1. The van der Waals surface area contributed by atoms with Gasteiger partial charge < -0.3 is 19.9 Å². The van der Waals surface area contributed by atoms with Gasteiger partial charge in [0.05, 0.1) is 23.5 Å². The lowest BCUT2D eigenvalue weighted by molar-refractivity contribution is -0.270. The summed E-state index contributed by atoms with van der Waals surface area (Å²) in [6, 6.07) is 9.63. The maximum Gasteiger partial charge on any atom is 0.422 e. The number of ketones is 1. The first-order chi connectivity index (χ1) is 17.4. The fourth-order valence-corrected chi connectivity index (χ4v) is 3.98. The summed E-state index contributed by atoms with van der Waals surface area (Å²) in [5.74, 6) is -1.50. The van der Waals surface area contributed by atoms with Crippen LogP contribution in [0.3, 0.4) is 0 Å². The van der Waals surface area contributed by atoms with Crippen molar-refractivity contribution < 1.29 is 41.7 Å². The second kappa shape index (κ2) is 9.98. The summed E-state index contributed by atoms with van der Waals surface area (Å²) in [6.07, 6.45) is -6.95. The van der Waals surface area contributed by atoms with E-state index in [9.17, 15) is 32.3 Å². The molecule has 1 amide bonds. The van der Waals surface area contributed by atoms with Crippen LogP contribution in [0, 0.1) is 5.82 Å². The first-order valence-electron chi connectivity index (χ1n) is 10.8. The number of amides is 1. The van der Waals surface area contributed by atoms with Gasteiger partial charge in [0.1, 0.15) is 23.0 Å². The number of ether oxygens (including phenoxy) is 2. The van der Waals surface area contributed by atoms with Gasteiger partial charge in [-0.15, -0.1) is 0 Å². The molecule has 1 unspecified atom stereocenters. The van der Waals surface area contributed by atoms with Crippen LogP contribution in [0.25, 0.3) is 11.3 Å². The Balaban J connectivity index is 1.65. The molecule has 12 heteroatoms. The first kappa shape index (κ1) is 26.4. The number of aliphatic hydroxyl groups is 1. The topological polar surface area (TPSA) is 97.8 Å². The minimum atomic E-state index is -5.20. The average molecular weight is 539 g/mol. The van der Waals surface area contributed by atoms with Crippen LogP contribution in [0.4, 0.5) is 23.2 Å². The molecule has 2 aromatic carbocycles. The van der Waals surface area contributed by atoms with Gasteiger partial charge in [0, 0.05) is 17.5 Å². The normalized spacial score (nSPS) is 14.7. The Labute approximate surface area is 213 Å². The number of rotatable bonds is 7. The second-order valence-corrected chi connectivity index (χ2v) is 8.61. The number of alkyl halides is 3. The molecule has 0 fully saturated rings. The van der Waals surface area contributed by atoms with Crippen molar-refractivity contribution in [1.29, 1.82) is 0 Å². The maximum absolute atomic E-state index is 14.2. The SMILES string of the molecule is COc1ccc(C(O)(CCC(=O)c2ccc3c(c2)NC(=O)CO3)C(F)(F)F)nc1-c1ccc(F)c(Cl)c1. The van der Waals surface area contributed by atoms with Gasteiger partial charge in [-0.05, 0) is 55.0 Å². The Kier molecular flexibility index (Phi) is 7.11. The summed E-state index contributed by atoms with van der Waals surface area (Å²) in [7, 11) is 1.27. The van der Waals surface area contributed by atoms with Gasteiger partial charge in [0.15, 0.2) is 12.4 Å². The van der Waals surface area contributed by atoms with Crippen molar-refractivity contribution in [3.05, 3.63) is 70.6 Å². The van der Waals surface area contributed by atoms with Crippen LogP contribution in [0.2, 0.25) is 5.02 Å². The molecule has 0 saturated heterocycles. The van der Waals surface area contributed by atoms with Gasteiger partial charge in [0.2, 0.25) is 5.60 Å². The molecule has 1 aliphatic heterocycles. The quantitative estimate of drug-likeness (QED) is 0.313. The van der Waals surface area contributed by atoms with E-state index in [4.69, 9.17) is 21.1 Å². The molecule has 0 saturated carbocycles. The first-order valence-corrected chi connectivity index (χ1v) is 11.2. The smallest absolute Gasteiger partial charge is 0.422 e. The van der Waals surface area contributed by atoms with Crippen molar-refractivity contribution in [3.63, 3.8) is 0 Å². The Hall–Kier alpha value is -3.70. The van der Waals surface area contributed by atoms with Crippen molar-refractivity contribution in [2.24, 2.45) is 0 Å². The zero-order valence-electron chi connectivity index (χ0n) is 19.2. The van der Waals surface area contributed by atoms with E-state index < -0.39 is 47.8 Å². The molecular weight excluding hydrogens is 520 g/mol. The van der Waals surface area contributed by atoms with E-state index in [0.717, 1.165) is 12.1 Å². The molecule has 3 aromatic rings. The molecule has 1 atom stereocenters. The number of aromatic nitrogens is 1. The fourth-order valence-electron chi connectivity index (χ4n) is 3.80. The Morgan fingerprint density at radius 1 is 1.19 bits per heavy atom. The molecule has 0 bridgehead atoms. The van der Waals surface area contributed by atoms with Crippen LogP contribution in [-0.2, 0) is 10.4 Å². The van der Waals surface area contributed by atoms with Crippen LogP contribution in [0.15, 0.2) is 48.5 Å². The number of hydrogen-bond acceptors (Lipinski definition) is 6. The molecule has 2 heterocycles. The third kappa shape index (κ3) is 5.23. The predicted octanol–water partition coefficient (Wildman–Crippen LogP) is 5.29. The molecule has 4 rings (SSSR count). The van der Waals surface area contributed by atoms with Crippen molar-refractivity contribution in [1.82, 2.24) is 4.98 Å². The number of methoxy groups -OCH3 is 1. The molecule has 2 N–H and O–H groups in total. The van der Waals surface area contributed by atoms with E-state index in [1.165, 1.54) is 43.5 Å². The third-order valence-corrected chi connectivity index (χ3v) is 6.10. The van der Waals surface area contributed by atoms with E-state index in [0.29, 0.717) is 5.75 Å². The summed E-state index contributed by atoms with van der Waals surface area (Å²) in [6.45, 7) is -0.195. The highest BCUT2D eigenvalue weighted by molar-refractivity contribution is 6.31. The minimum Gasteiger partial charge on any atom is -0.494 e. The summed E-state index contributed by atoms with van der Waals surface area (Å²) >= 11 is 5.82. The number of hydrogen-bond donors (Lipinski definition) is 2. The highest BCUT2D eigenvalue weighted by atomic mass is 35.5. The van der Waals surface area contributed by atoms with Gasteiger partial charge in [-0.25, -0.2) is 9.37 Å². The molecule has 1 aliphatic rings. The number of carbonyl (C=O) groups excluding carboxylic acids is 2. The van der Waals surface area contributed by atoms with Crippen molar-refractivity contribution in [2.45, 2.75) is 24.6 Å². The molecule has 37 heavy (non-hydrogen) atoms. The third-order valence-electron chi connectivity index (χ3n) is 5.81. The second-order valence-electron chi connectivity index (χ2n) is 8.21. The number of anilines is 1. The lowest BCUT2D eigenvalue weighted by Crippen LogP contribution is -2.43. The highest BCUT2D eigenvalue weighted by Gasteiger charge is 2.56. The number of benzene rings is 2. The van der Waals surface area contributed by atoms with Gasteiger partial charge in [0.25, 0.3) is 5.91 Å². The number of nitrogens with zero attached hydrogens (tertiary/aromatic N) is 1. The van der Waals surface area contributed by atoms with Gasteiger partial charge >= 0.3 is 6.18 Å².